The second kappa shape index (κ2) is 6.35. The third-order valence-corrected chi connectivity index (χ3v) is 3.57. The molecule has 0 aliphatic carbocycles. The second-order valence-electron chi connectivity index (χ2n) is 4.28. The van der Waals surface area contributed by atoms with Crippen LogP contribution in [0.5, 0.6) is 5.75 Å². The molecule has 0 amide bonds. The molecule has 0 bridgehead atoms. The number of phosphoric acid groups is 1. The highest BCUT2D eigenvalue weighted by atomic mass is 31.2. The number of hydrogen-bond donors (Lipinski definition) is 3. The van der Waals surface area contributed by atoms with Crippen LogP contribution in [0.3, 0.4) is 0 Å². The molecule has 106 valence electrons. The van der Waals surface area contributed by atoms with Crippen LogP contribution >= 0.6 is 7.82 Å². The van der Waals surface area contributed by atoms with Crippen LogP contribution in [0.25, 0.3) is 6.08 Å². The summed E-state index contributed by atoms with van der Waals surface area (Å²) in [6, 6.07) is 6.50. The van der Waals surface area contributed by atoms with Crippen LogP contribution in [-0.4, -0.2) is 20.5 Å². The maximum atomic E-state index is 11.0. The van der Waals surface area contributed by atoms with E-state index in [9.17, 15) is 9.67 Å². The lowest BCUT2D eigenvalue weighted by Crippen LogP contribution is -2.27. The summed E-state index contributed by atoms with van der Waals surface area (Å²) in [6.45, 7) is 3.61. The van der Waals surface area contributed by atoms with Gasteiger partial charge in [0.25, 0.3) is 0 Å². The zero-order valence-corrected chi connectivity index (χ0v) is 11.9. The molecule has 0 radical (unpaired) electrons. The van der Waals surface area contributed by atoms with Gasteiger partial charge in [0.1, 0.15) is 5.75 Å². The number of phenolic OH excluding ortho intramolecular Hbond substituents is 1. The highest BCUT2D eigenvalue weighted by Gasteiger charge is 2.32. The number of hydrogen-bond acceptors (Lipinski definition) is 3. The summed E-state index contributed by atoms with van der Waals surface area (Å²) in [5.41, 5.74) is -0.171. The molecule has 0 unspecified atom stereocenters. The second-order valence-corrected chi connectivity index (χ2v) is 5.44. The van der Waals surface area contributed by atoms with E-state index in [2.05, 4.69) is 0 Å². The minimum absolute atomic E-state index is 0.167. The van der Waals surface area contributed by atoms with Gasteiger partial charge in [0, 0.05) is 0 Å². The average molecular weight is 286 g/mol. The molecule has 0 atom stereocenters. The minimum Gasteiger partial charge on any atom is -0.508 e. The molecule has 0 heterocycles. The molecule has 3 N–H and O–H groups in total. The van der Waals surface area contributed by atoms with Crippen LogP contribution in [0, 0.1) is 0 Å². The lowest BCUT2D eigenvalue weighted by atomic mass is 9.96. The molecule has 19 heavy (non-hydrogen) atoms. The topological polar surface area (TPSA) is 87.0 Å². The van der Waals surface area contributed by atoms with Crippen molar-refractivity contribution in [2.75, 3.05) is 0 Å². The highest BCUT2D eigenvalue weighted by Crippen LogP contribution is 2.44. The molecule has 0 saturated heterocycles. The maximum Gasteiger partial charge on any atom is 0.470 e. The Labute approximate surface area is 112 Å². The molecule has 1 rings (SSSR count). The first-order chi connectivity index (χ1) is 8.80. The Morgan fingerprint density at radius 1 is 1.21 bits per heavy atom. The molecular formula is C13H19O5P. The first-order valence-electron chi connectivity index (χ1n) is 6.05. The van der Waals surface area contributed by atoms with Crippen molar-refractivity contribution >= 4 is 13.9 Å². The van der Waals surface area contributed by atoms with Gasteiger partial charge < -0.3 is 14.9 Å². The standard InChI is InChI=1S/C13H19O5P/c1-3-13(4-2,18-19(15,16)17)10-9-11-5-7-12(14)8-6-11/h5-10,14H,3-4H2,1-2H3,(H2,15,16,17). The van der Waals surface area contributed by atoms with Crippen molar-refractivity contribution in [2.45, 2.75) is 32.3 Å². The summed E-state index contributed by atoms with van der Waals surface area (Å²) < 4.78 is 15.9. The van der Waals surface area contributed by atoms with E-state index in [-0.39, 0.29) is 5.75 Å². The van der Waals surface area contributed by atoms with Crippen LogP contribution in [0.2, 0.25) is 0 Å². The molecule has 5 nitrogen and oxygen atoms in total. The fraction of sp³-hybridized carbons (Fsp3) is 0.385. The van der Waals surface area contributed by atoms with Gasteiger partial charge in [-0.25, -0.2) is 4.57 Å². The van der Waals surface area contributed by atoms with E-state index in [4.69, 9.17) is 14.3 Å². The van der Waals surface area contributed by atoms with Crippen LogP contribution in [-0.2, 0) is 9.09 Å². The predicted molar refractivity (Wildman–Crippen MR) is 73.6 cm³/mol. The monoisotopic (exact) mass is 286 g/mol. The normalized spacial score (nSPS) is 13.1. The fourth-order valence-corrected chi connectivity index (χ4v) is 2.51. The lowest BCUT2D eigenvalue weighted by molar-refractivity contribution is 0.0677. The van der Waals surface area contributed by atoms with E-state index in [0.717, 1.165) is 5.56 Å². The van der Waals surface area contributed by atoms with Gasteiger partial charge in [-0.2, -0.15) is 0 Å². The molecule has 1 aromatic rings. The number of benzene rings is 1. The van der Waals surface area contributed by atoms with Crippen LogP contribution in [0.4, 0.5) is 0 Å². The summed E-state index contributed by atoms with van der Waals surface area (Å²) >= 11 is 0. The lowest BCUT2D eigenvalue weighted by Gasteiger charge is -2.28. The average Bonchev–Trinajstić information content (AvgIpc) is 2.35. The van der Waals surface area contributed by atoms with Gasteiger partial charge in [-0.1, -0.05) is 38.1 Å². The summed E-state index contributed by atoms with van der Waals surface area (Å²) in [4.78, 5) is 17.9. The van der Waals surface area contributed by atoms with Gasteiger partial charge in [0.15, 0.2) is 0 Å². The van der Waals surface area contributed by atoms with Crippen LogP contribution < -0.4 is 0 Å². The number of rotatable bonds is 6. The van der Waals surface area contributed by atoms with Gasteiger partial charge in [0.05, 0.1) is 5.60 Å². The Morgan fingerprint density at radius 3 is 2.16 bits per heavy atom. The molecule has 0 fully saturated rings. The van der Waals surface area contributed by atoms with Gasteiger partial charge >= 0.3 is 7.82 Å². The molecule has 0 saturated carbocycles. The smallest absolute Gasteiger partial charge is 0.470 e. The van der Waals surface area contributed by atoms with Gasteiger partial charge in [-0.3, -0.25) is 4.52 Å². The molecule has 0 aliphatic rings. The number of aromatic hydroxyl groups is 1. The van der Waals surface area contributed by atoms with E-state index in [1.807, 2.05) is 0 Å². The molecule has 6 heteroatoms. The van der Waals surface area contributed by atoms with Crippen molar-refractivity contribution in [3.8, 4) is 5.75 Å². The van der Waals surface area contributed by atoms with E-state index in [1.165, 1.54) is 0 Å². The van der Waals surface area contributed by atoms with Crippen LogP contribution in [0.1, 0.15) is 32.3 Å². The Balaban J connectivity index is 2.94. The molecule has 0 spiro atoms. The number of phosphoric ester groups is 1. The zero-order valence-electron chi connectivity index (χ0n) is 11.0. The molecule has 1 aromatic carbocycles. The van der Waals surface area contributed by atoms with Crippen molar-refractivity contribution in [2.24, 2.45) is 0 Å². The Hall–Kier alpha value is -1.13. The van der Waals surface area contributed by atoms with Crippen molar-refractivity contribution in [1.29, 1.82) is 0 Å². The van der Waals surface area contributed by atoms with E-state index in [1.54, 1.807) is 50.3 Å². The van der Waals surface area contributed by atoms with E-state index < -0.39 is 13.4 Å². The summed E-state index contributed by atoms with van der Waals surface area (Å²) in [5, 5.41) is 9.18. The van der Waals surface area contributed by atoms with Crippen molar-refractivity contribution < 1.29 is 24.0 Å². The van der Waals surface area contributed by atoms with E-state index >= 15 is 0 Å². The SMILES string of the molecule is CCC(C=Cc1ccc(O)cc1)(CC)OP(=O)(O)O. The van der Waals surface area contributed by atoms with Crippen molar-refractivity contribution in [1.82, 2.24) is 0 Å². The fourth-order valence-electron chi connectivity index (χ4n) is 1.72. The summed E-state index contributed by atoms with van der Waals surface area (Å²) in [6.07, 6.45) is 4.27. The molecule has 0 aliphatic heterocycles. The quantitative estimate of drug-likeness (QED) is 0.699. The highest BCUT2D eigenvalue weighted by molar-refractivity contribution is 7.46. The van der Waals surface area contributed by atoms with Crippen LogP contribution in [0.15, 0.2) is 30.3 Å². The third kappa shape index (κ3) is 5.17. The largest absolute Gasteiger partial charge is 0.508 e. The van der Waals surface area contributed by atoms with Crippen molar-refractivity contribution in [3.63, 3.8) is 0 Å². The van der Waals surface area contributed by atoms with Gasteiger partial charge in [-0.05, 0) is 30.5 Å². The minimum atomic E-state index is -4.54. The van der Waals surface area contributed by atoms with Gasteiger partial charge in [-0.15, -0.1) is 0 Å². The molecule has 0 aromatic heterocycles. The predicted octanol–water partition coefficient (Wildman–Crippen LogP) is 3.07. The first-order valence-corrected chi connectivity index (χ1v) is 7.58. The zero-order chi connectivity index (χ0) is 14.5. The van der Waals surface area contributed by atoms with E-state index in [0.29, 0.717) is 12.8 Å². The van der Waals surface area contributed by atoms with Gasteiger partial charge in [0.2, 0.25) is 0 Å². The van der Waals surface area contributed by atoms with Crippen molar-refractivity contribution in [3.05, 3.63) is 35.9 Å². The third-order valence-electron chi connectivity index (χ3n) is 2.97. The molecular weight excluding hydrogens is 267 g/mol. The first kappa shape index (κ1) is 15.9. The number of phenols is 1. The summed E-state index contributed by atoms with van der Waals surface area (Å²) in [5.74, 6) is 0.167. The maximum absolute atomic E-state index is 11.0. The Morgan fingerprint density at radius 2 is 1.74 bits per heavy atom. The Bertz CT molecular complexity index is 470. The summed E-state index contributed by atoms with van der Waals surface area (Å²) in [7, 11) is -4.54. The Kier molecular flexibility index (Phi) is 5.32.